The summed E-state index contributed by atoms with van der Waals surface area (Å²) in [4.78, 5) is 2.39. The summed E-state index contributed by atoms with van der Waals surface area (Å²) in [5.74, 6) is 1.76. The SMILES string of the molecule is CCN(CC)c1ccc(CNC2CCC(C)C(C)C2)cc1. The van der Waals surface area contributed by atoms with Gasteiger partial charge in [-0.2, -0.15) is 0 Å². The molecule has 21 heavy (non-hydrogen) atoms. The molecule has 2 rings (SSSR count). The summed E-state index contributed by atoms with van der Waals surface area (Å²) >= 11 is 0. The first kappa shape index (κ1) is 16.4. The third-order valence-electron chi connectivity index (χ3n) is 5.26. The molecule has 0 spiro atoms. The number of hydrogen-bond donors (Lipinski definition) is 1. The second kappa shape index (κ2) is 7.84. The first-order valence-corrected chi connectivity index (χ1v) is 8.71. The van der Waals surface area contributed by atoms with Crippen molar-refractivity contribution < 1.29 is 0 Å². The van der Waals surface area contributed by atoms with Gasteiger partial charge in [0.25, 0.3) is 0 Å². The first-order valence-electron chi connectivity index (χ1n) is 8.71. The largest absolute Gasteiger partial charge is 0.372 e. The molecule has 1 saturated carbocycles. The third kappa shape index (κ3) is 4.47. The lowest BCUT2D eigenvalue weighted by Crippen LogP contribution is -2.35. The maximum Gasteiger partial charge on any atom is 0.0366 e. The number of nitrogens with zero attached hydrogens (tertiary/aromatic N) is 1. The number of benzene rings is 1. The smallest absolute Gasteiger partial charge is 0.0366 e. The molecule has 0 amide bonds. The van der Waals surface area contributed by atoms with E-state index in [2.05, 4.69) is 62.2 Å². The summed E-state index contributed by atoms with van der Waals surface area (Å²) in [7, 11) is 0. The molecule has 1 N–H and O–H groups in total. The van der Waals surface area contributed by atoms with Gasteiger partial charge in [0.1, 0.15) is 0 Å². The molecule has 0 aromatic heterocycles. The van der Waals surface area contributed by atoms with Gasteiger partial charge in [-0.15, -0.1) is 0 Å². The molecule has 1 aromatic carbocycles. The highest BCUT2D eigenvalue weighted by atomic mass is 15.1. The summed E-state index contributed by atoms with van der Waals surface area (Å²) in [6.45, 7) is 12.4. The zero-order chi connectivity index (χ0) is 15.2. The molecule has 2 heteroatoms. The van der Waals surface area contributed by atoms with Crippen molar-refractivity contribution in [1.29, 1.82) is 0 Å². The lowest BCUT2D eigenvalue weighted by atomic mass is 9.79. The molecule has 3 atom stereocenters. The Morgan fingerprint density at radius 1 is 1.00 bits per heavy atom. The average molecular weight is 288 g/mol. The van der Waals surface area contributed by atoms with Crippen molar-refractivity contribution in [3.05, 3.63) is 29.8 Å². The zero-order valence-corrected chi connectivity index (χ0v) is 14.2. The molecule has 0 aliphatic heterocycles. The zero-order valence-electron chi connectivity index (χ0n) is 14.2. The van der Waals surface area contributed by atoms with Crippen LogP contribution in [0.15, 0.2) is 24.3 Å². The van der Waals surface area contributed by atoms with Crippen molar-refractivity contribution in [3.63, 3.8) is 0 Å². The molecule has 1 aliphatic carbocycles. The predicted molar refractivity (Wildman–Crippen MR) is 92.8 cm³/mol. The molecule has 1 aliphatic rings. The van der Waals surface area contributed by atoms with Gasteiger partial charge in [-0.3, -0.25) is 0 Å². The van der Waals surface area contributed by atoms with Crippen LogP contribution in [0.4, 0.5) is 5.69 Å². The number of anilines is 1. The summed E-state index contributed by atoms with van der Waals surface area (Å²) in [5, 5.41) is 3.75. The van der Waals surface area contributed by atoms with Crippen LogP contribution in [-0.2, 0) is 6.54 Å². The van der Waals surface area contributed by atoms with Gasteiger partial charge in [-0.1, -0.05) is 26.0 Å². The van der Waals surface area contributed by atoms with Crippen molar-refractivity contribution in [1.82, 2.24) is 5.32 Å². The highest BCUT2D eigenvalue weighted by Gasteiger charge is 2.23. The summed E-state index contributed by atoms with van der Waals surface area (Å²) in [6, 6.07) is 9.77. The van der Waals surface area contributed by atoms with Crippen LogP contribution in [0.2, 0.25) is 0 Å². The maximum atomic E-state index is 3.75. The van der Waals surface area contributed by atoms with E-state index in [9.17, 15) is 0 Å². The van der Waals surface area contributed by atoms with Crippen LogP contribution in [0, 0.1) is 11.8 Å². The van der Waals surface area contributed by atoms with Crippen LogP contribution in [0.1, 0.15) is 52.5 Å². The summed E-state index contributed by atoms with van der Waals surface area (Å²) in [5.41, 5.74) is 2.74. The van der Waals surface area contributed by atoms with Crippen LogP contribution in [0.3, 0.4) is 0 Å². The molecular formula is C19H32N2. The summed E-state index contributed by atoms with van der Waals surface area (Å²) < 4.78 is 0. The van der Waals surface area contributed by atoms with Crippen LogP contribution in [0.25, 0.3) is 0 Å². The number of rotatable bonds is 6. The van der Waals surface area contributed by atoms with E-state index in [4.69, 9.17) is 0 Å². The fraction of sp³-hybridized carbons (Fsp3) is 0.684. The molecule has 0 heterocycles. The van der Waals surface area contributed by atoms with E-state index < -0.39 is 0 Å². The predicted octanol–water partition coefficient (Wildman–Crippen LogP) is 4.45. The van der Waals surface area contributed by atoms with Gasteiger partial charge in [0.15, 0.2) is 0 Å². The van der Waals surface area contributed by atoms with E-state index >= 15 is 0 Å². The van der Waals surface area contributed by atoms with Crippen molar-refractivity contribution in [2.75, 3.05) is 18.0 Å². The normalized spacial score (nSPS) is 25.8. The Morgan fingerprint density at radius 3 is 2.24 bits per heavy atom. The average Bonchev–Trinajstić information content (AvgIpc) is 2.51. The van der Waals surface area contributed by atoms with Gasteiger partial charge < -0.3 is 10.2 Å². The quantitative estimate of drug-likeness (QED) is 0.832. The number of hydrogen-bond acceptors (Lipinski definition) is 2. The van der Waals surface area contributed by atoms with E-state index in [1.165, 1.54) is 30.5 Å². The van der Waals surface area contributed by atoms with Crippen molar-refractivity contribution in [2.45, 2.75) is 59.5 Å². The minimum absolute atomic E-state index is 0.707. The molecule has 1 aromatic rings. The third-order valence-corrected chi connectivity index (χ3v) is 5.26. The highest BCUT2D eigenvalue weighted by molar-refractivity contribution is 5.47. The standard InChI is InChI=1S/C19H32N2/c1-5-21(6-2)19-11-8-17(9-12-19)14-20-18-10-7-15(3)16(4)13-18/h8-9,11-12,15-16,18,20H,5-7,10,13-14H2,1-4H3. The molecule has 1 fully saturated rings. The van der Waals surface area contributed by atoms with E-state index in [0.717, 1.165) is 31.5 Å². The molecule has 0 saturated heterocycles. The van der Waals surface area contributed by atoms with E-state index in [-0.39, 0.29) is 0 Å². The van der Waals surface area contributed by atoms with Crippen LogP contribution >= 0.6 is 0 Å². The van der Waals surface area contributed by atoms with Crippen LogP contribution in [0.5, 0.6) is 0 Å². The minimum atomic E-state index is 0.707. The molecule has 3 unspecified atom stereocenters. The molecule has 2 nitrogen and oxygen atoms in total. The Balaban J connectivity index is 1.84. The Hall–Kier alpha value is -1.02. The van der Waals surface area contributed by atoms with Crippen LogP contribution in [-0.4, -0.2) is 19.1 Å². The Morgan fingerprint density at radius 2 is 1.67 bits per heavy atom. The second-order valence-electron chi connectivity index (χ2n) is 6.68. The molecular weight excluding hydrogens is 256 g/mol. The highest BCUT2D eigenvalue weighted by Crippen LogP contribution is 2.29. The monoisotopic (exact) mass is 288 g/mol. The van der Waals surface area contributed by atoms with Crippen molar-refractivity contribution in [3.8, 4) is 0 Å². The van der Waals surface area contributed by atoms with Gasteiger partial charge in [-0.05, 0) is 62.6 Å². The van der Waals surface area contributed by atoms with Gasteiger partial charge in [-0.25, -0.2) is 0 Å². The van der Waals surface area contributed by atoms with Gasteiger partial charge in [0.05, 0.1) is 0 Å². The lowest BCUT2D eigenvalue weighted by molar-refractivity contribution is 0.225. The van der Waals surface area contributed by atoms with Gasteiger partial charge in [0, 0.05) is 31.4 Å². The minimum Gasteiger partial charge on any atom is -0.372 e. The lowest BCUT2D eigenvalue weighted by Gasteiger charge is -2.32. The van der Waals surface area contributed by atoms with Gasteiger partial charge >= 0.3 is 0 Å². The fourth-order valence-corrected chi connectivity index (χ4v) is 3.41. The van der Waals surface area contributed by atoms with Crippen molar-refractivity contribution in [2.24, 2.45) is 11.8 Å². The van der Waals surface area contributed by atoms with Gasteiger partial charge in [0.2, 0.25) is 0 Å². The Kier molecular flexibility index (Phi) is 6.10. The Labute approximate surface area is 130 Å². The summed E-state index contributed by atoms with van der Waals surface area (Å²) in [6.07, 6.45) is 4.04. The molecule has 0 radical (unpaired) electrons. The van der Waals surface area contributed by atoms with E-state index in [0.29, 0.717) is 6.04 Å². The molecule has 118 valence electrons. The van der Waals surface area contributed by atoms with Crippen molar-refractivity contribution >= 4 is 5.69 Å². The van der Waals surface area contributed by atoms with E-state index in [1.807, 2.05) is 0 Å². The van der Waals surface area contributed by atoms with E-state index in [1.54, 1.807) is 0 Å². The first-order chi connectivity index (χ1) is 10.1. The molecule has 0 bridgehead atoms. The topological polar surface area (TPSA) is 15.3 Å². The second-order valence-corrected chi connectivity index (χ2v) is 6.68. The fourth-order valence-electron chi connectivity index (χ4n) is 3.41. The Bertz CT molecular complexity index is 408. The van der Waals surface area contributed by atoms with Crippen LogP contribution < -0.4 is 10.2 Å². The number of nitrogens with one attached hydrogen (secondary N) is 1. The maximum absolute atomic E-state index is 3.75.